The van der Waals surface area contributed by atoms with Crippen molar-refractivity contribution in [2.45, 2.75) is 50.4 Å². The van der Waals surface area contributed by atoms with Gasteiger partial charge in [0.2, 0.25) is 8.32 Å². The van der Waals surface area contributed by atoms with Crippen molar-refractivity contribution < 1.29 is 27.2 Å². The van der Waals surface area contributed by atoms with Gasteiger partial charge in [0.05, 0.1) is 18.2 Å². The lowest BCUT2D eigenvalue weighted by Gasteiger charge is -2.36. The number of esters is 1. The molecule has 0 N–H and O–H groups in total. The Labute approximate surface area is 135 Å². The van der Waals surface area contributed by atoms with Gasteiger partial charge in [0.1, 0.15) is 0 Å². The maximum atomic E-state index is 12.5. The second-order valence-corrected chi connectivity index (χ2v) is 13.0. The first kappa shape index (κ1) is 19.8. The Hall–Kier alpha value is -0.256. The average molecular weight is 351 g/mol. The quantitative estimate of drug-likeness (QED) is 0.470. The molecule has 1 saturated heterocycles. The zero-order chi connectivity index (χ0) is 16.6. The van der Waals surface area contributed by atoms with Crippen LogP contribution in [0.2, 0.25) is 24.2 Å². The Kier molecular flexibility index (Phi) is 8.22. The molecule has 1 aliphatic rings. The van der Waals surface area contributed by atoms with Crippen LogP contribution in [-0.4, -0.2) is 57.6 Å². The summed E-state index contributed by atoms with van der Waals surface area (Å²) in [5.41, 5.74) is -0.100. The summed E-state index contributed by atoms with van der Waals surface area (Å²) in [6.45, 7) is 5.21. The largest absolute Gasteiger partial charge is 0.503 e. The van der Waals surface area contributed by atoms with Crippen molar-refractivity contribution in [2.24, 2.45) is 0 Å². The second kappa shape index (κ2) is 9.14. The molecule has 0 aromatic rings. The van der Waals surface area contributed by atoms with E-state index in [1.807, 2.05) is 6.92 Å². The van der Waals surface area contributed by atoms with Gasteiger partial charge in [-0.3, -0.25) is 4.79 Å². The molecule has 1 aliphatic heterocycles. The van der Waals surface area contributed by atoms with Crippen LogP contribution < -0.4 is 0 Å². The molecule has 0 saturated carbocycles. The zero-order valence-corrected chi connectivity index (χ0v) is 16.5. The Bertz CT molecular complexity index is 334. The van der Waals surface area contributed by atoms with Crippen molar-refractivity contribution >= 4 is 23.1 Å². The zero-order valence-electron chi connectivity index (χ0n) is 14.5. The van der Waals surface area contributed by atoms with Gasteiger partial charge < -0.3 is 22.4 Å². The Morgan fingerprint density at radius 3 is 2.32 bits per heavy atom. The number of hydrogen-bond donors (Lipinski definition) is 0. The minimum atomic E-state index is -2.68. The standard InChI is InChI=1S/C14H30O6Si2/c1-6-13(21(5)11-8-7-9-20-21)14(15)19-10-12-22(16-2,17-3)18-4/h13H,6-12H2,1-5H3. The lowest BCUT2D eigenvalue weighted by atomic mass is 10.3. The average Bonchev–Trinajstić information content (AvgIpc) is 2.53. The van der Waals surface area contributed by atoms with Crippen molar-refractivity contribution in [1.82, 2.24) is 0 Å². The molecule has 0 amide bonds. The molecule has 0 bridgehead atoms. The molecule has 1 rings (SSSR count). The highest BCUT2D eigenvalue weighted by atomic mass is 28.4. The number of ether oxygens (including phenoxy) is 1. The maximum Gasteiger partial charge on any atom is 0.503 e. The van der Waals surface area contributed by atoms with Gasteiger partial charge in [0, 0.05) is 27.9 Å². The summed E-state index contributed by atoms with van der Waals surface area (Å²) in [6, 6.07) is 1.49. The molecule has 22 heavy (non-hydrogen) atoms. The molecule has 1 fully saturated rings. The molecule has 2 atom stereocenters. The highest BCUT2D eigenvalue weighted by Crippen LogP contribution is 2.35. The van der Waals surface area contributed by atoms with E-state index in [2.05, 4.69) is 6.55 Å². The topological polar surface area (TPSA) is 63.2 Å². The summed E-state index contributed by atoms with van der Waals surface area (Å²) in [7, 11) is -0.0256. The van der Waals surface area contributed by atoms with E-state index >= 15 is 0 Å². The molecule has 0 aromatic heterocycles. The Morgan fingerprint density at radius 2 is 1.86 bits per heavy atom. The third kappa shape index (κ3) is 4.87. The highest BCUT2D eigenvalue weighted by molar-refractivity contribution is 6.77. The van der Waals surface area contributed by atoms with E-state index in [9.17, 15) is 4.79 Å². The molecule has 0 aromatic carbocycles. The fraction of sp³-hybridized carbons (Fsp3) is 0.929. The summed E-state index contributed by atoms with van der Waals surface area (Å²) >= 11 is 0. The van der Waals surface area contributed by atoms with Gasteiger partial charge in [-0.15, -0.1) is 0 Å². The van der Waals surface area contributed by atoms with Crippen LogP contribution in [0.1, 0.15) is 26.2 Å². The SMILES string of the molecule is CCC(C(=O)OCC[Si](OC)(OC)OC)[Si]1(C)CCCCO1. The van der Waals surface area contributed by atoms with E-state index in [1.54, 1.807) is 21.3 Å². The third-order valence-corrected chi connectivity index (χ3v) is 11.5. The molecule has 8 heteroatoms. The van der Waals surface area contributed by atoms with Crippen LogP contribution >= 0.6 is 0 Å². The predicted octanol–water partition coefficient (Wildman–Crippen LogP) is 2.57. The first-order valence-electron chi connectivity index (χ1n) is 7.93. The molecule has 0 spiro atoms. The van der Waals surface area contributed by atoms with Crippen molar-refractivity contribution in [3.05, 3.63) is 0 Å². The smallest absolute Gasteiger partial charge is 0.466 e. The fourth-order valence-electron chi connectivity index (χ4n) is 3.01. The van der Waals surface area contributed by atoms with Gasteiger partial charge in [0.15, 0.2) is 0 Å². The van der Waals surface area contributed by atoms with Crippen molar-refractivity contribution in [1.29, 1.82) is 0 Å². The second-order valence-electron chi connectivity index (χ2n) is 5.79. The van der Waals surface area contributed by atoms with Crippen LogP contribution in [-0.2, 0) is 27.2 Å². The first-order chi connectivity index (χ1) is 10.5. The van der Waals surface area contributed by atoms with Crippen LogP contribution in [0.15, 0.2) is 0 Å². The maximum absolute atomic E-state index is 12.5. The van der Waals surface area contributed by atoms with Crippen LogP contribution in [0.3, 0.4) is 0 Å². The molecule has 0 aliphatic carbocycles. The van der Waals surface area contributed by atoms with Crippen molar-refractivity contribution in [3.63, 3.8) is 0 Å². The van der Waals surface area contributed by atoms with E-state index in [1.165, 1.54) is 0 Å². The number of hydrogen-bond acceptors (Lipinski definition) is 6. The summed E-state index contributed by atoms with van der Waals surface area (Å²) in [6.07, 6.45) is 3.01. The van der Waals surface area contributed by atoms with Gasteiger partial charge in [-0.2, -0.15) is 0 Å². The normalized spacial score (nSPS) is 24.0. The van der Waals surface area contributed by atoms with Crippen LogP contribution in [0.5, 0.6) is 0 Å². The van der Waals surface area contributed by atoms with E-state index in [0.717, 1.165) is 31.9 Å². The first-order valence-corrected chi connectivity index (χ1v) is 12.6. The van der Waals surface area contributed by atoms with Gasteiger partial charge in [-0.25, -0.2) is 0 Å². The summed E-state index contributed by atoms with van der Waals surface area (Å²) in [4.78, 5) is 12.5. The van der Waals surface area contributed by atoms with Crippen LogP contribution in [0.25, 0.3) is 0 Å². The van der Waals surface area contributed by atoms with E-state index in [0.29, 0.717) is 6.04 Å². The fourth-order valence-corrected chi connectivity index (χ4v) is 8.18. The van der Waals surface area contributed by atoms with Gasteiger partial charge >= 0.3 is 14.8 Å². The van der Waals surface area contributed by atoms with Crippen molar-refractivity contribution in [3.8, 4) is 0 Å². The Balaban J connectivity index is 2.55. The Morgan fingerprint density at radius 1 is 1.23 bits per heavy atom. The molecule has 1 heterocycles. The summed E-state index contributed by atoms with van der Waals surface area (Å²) < 4.78 is 27.5. The van der Waals surface area contributed by atoms with E-state index < -0.39 is 17.1 Å². The molecule has 2 unspecified atom stereocenters. The minimum Gasteiger partial charge on any atom is -0.466 e. The lowest BCUT2D eigenvalue weighted by molar-refractivity contribution is -0.143. The van der Waals surface area contributed by atoms with Gasteiger partial charge in [-0.05, 0) is 25.4 Å². The van der Waals surface area contributed by atoms with Gasteiger partial charge in [0.25, 0.3) is 0 Å². The minimum absolute atomic E-state index is 0.100. The molecule has 130 valence electrons. The summed E-state index contributed by atoms with van der Waals surface area (Å²) in [5.74, 6) is -0.148. The number of rotatable bonds is 9. The highest BCUT2D eigenvalue weighted by Gasteiger charge is 2.44. The monoisotopic (exact) mass is 350 g/mol. The molecule has 6 nitrogen and oxygen atoms in total. The predicted molar refractivity (Wildman–Crippen MR) is 88.2 cm³/mol. The van der Waals surface area contributed by atoms with Crippen LogP contribution in [0.4, 0.5) is 0 Å². The third-order valence-electron chi connectivity index (χ3n) is 4.51. The number of carbonyl (C=O) groups is 1. The molecular weight excluding hydrogens is 320 g/mol. The van der Waals surface area contributed by atoms with Crippen LogP contribution in [0, 0.1) is 0 Å². The van der Waals surface area contributed by atoms with Gasteiger partial charge in [-0.1, -0.05) is 13.3 Å². The van der Waals surface area contributed by atoms with Crippen molar-refractivity contribution in [2.75, 3.05) is 34.5 Å². The van der Waals surface area contributed by atoms with E-state index in [4.69, 9.17) is 22.4 Å². The molecular formula is C14H30O6Si2. The van der Waals surface area contributed by atoms with E-state index in [-0.39, 0.29) is 18.1 Å². The number of carbonyl (C=O) groups excluding carboxylic acids is 1. The lowest BCUT2D eigenvalue weighted by Crippen LogP contribution is -2.47. The summed E-state index contributed by atoms with van der Waals surface area (Å²) in [5, 5.41) is 0. The molecule has 0 radical (unpaired) electrons.